The lowest BCUT2D eigenvalue weighted by Crippen LogP contribution is -2.24. The Hall–Kier alpha value is -4.96. The fraction of sp³-hybridized carbons (Fsp3) is 0.560. The quantitative estimate of drug-likeness (QED) is 0.0188. The largest absolute Gasteiger partial charge is 0.481 e. The molecule has 2 amide bonds. The molecule has 4 aromatic rings. The van der Waals surface area contributed by atoms with Crippen molar-refractivity contribution < 1.29 is 48.5 Å². The van der Waals surface area contributed by atoms with E-state index < -0.39 is 48.5 Å². The van der Waals surface area contributed by atoms with Crippen molar-refractivity contribution in [2.75, 3.05) is 36.2 Å². The Morgan fingerprint density at radius 1 is 0.485 bits per heavy atom. The number of rotatable bonds is 37. The standard InChI is InChI=1S/C50H70N4O10S2/c1-35-43(47(59)49(51)61)45-37(23-21-25-39(45)63-33-41(55)56)53(35)27-15-9-3-5-11-17-29-65-31-19-13-7-8-14-20-32-66-30-18-12-6-4-10-16-28-54-36(2)44(48(60)50(52)62)46-38(54)24-22-26-40(46)64-34-42(57)58/h21-26H,3-20,27-34H2,1-2H3,(H2,51,61)(H2,52,62)(H,55,56)(H,57,58). The van der Waals surface area contributed by atoms with Crippen LogP contribution < -0.4 is 20.9 Å². The molecule has 66 heavy (non-hydrogen) atoms. The zero-order chi connectivity index (χ0) is 47.8. The van der Waals surface area contributed by atoms with Crippen molar-refractivity contribution >= 4 is 80.6 Å². The molecule has 16 heteroatoms. The first-order valence-electron chi connectivity index (χ1n) is 23.6. The molecule has 0 saturated heterocycles. The number of amides is 2. The molecular formula is C50H70N4O10S2. The van der Waals surface area contributed by atoms with Gasteiger partial charge in [-0.05, 0) is 99.6 Å². The van der Waals surface area contributed by atoms with Gasteiger partial charge in [0.15, 0.2) is 13.2 Å². The van der Waals surface area contributed by atoms with Crippen LogP contribution in [0.3, 0.4) is 0 Å². The zero-order valence-corrected chi connectivity index (χ0v) is 40.5. The summed E-state index contributed by atoms with van der Waals surface area (Å²) in [5, 5.41) is 19.0. The number of fused-ring (bicyclic) bond motifs is 2. The molecule has 0 spiro atoms. The molecule has 14 nitrogen and oxygen atoms in total. The van der Waals surface area contributed by atoms with Gasteiger partial charge in [-0.25, -0.2) is 9.59 Å². The maximum Gasteiger partial charge on any atom is 0.341 e. The number of thioether (sulfide) groups is 2. The number of carbonyl (C=O) groups excluding carboxylic acids is 4. The highest BCUT2D eigenvalue weighted by Crippen LogP contribution is 2.36. The van der Waals surface area contributed by atoms with E-state index in [9.17, 15) is 28.8 Å². The Labute approximate surface area is 397 Å². The van der Waals surface area contributed by atoms with Gasteiger partial charge in [0.25, 0.3) is 23.4 Å². The molecule has 0 atom stereocenters. The minimum atomic E-state index is -1.13. The van der Waals surface area contributed by atoms with Gasteiger partial charge in [0.2, 0.25) is 0 Å². The van der Waals surface area contributed by atoms with Crippen molar-refractivity contribution in [2.45, 2.75) is 143 Å². The smallest absolute Gasteiger partial charge is 0.341 e. The Balaban J connectivity index is 0.949. The van der Waals surface area contributed by atoms with Gasteiger partial charge in [0.1, 0.15) is 11.5 Å². The first-order chi connectivity index (χ1) is 31.8. The molecule has 4 rings (SSSR count). The fourth-order valence-corrected chi connectivity index (χ4v) is 10.6. The highest BCUT2D eigenvalue weighted by molar-refractivity contribution is 7.99. The monoisotopic (exact) mass is 950 g/mol. The topological polar surface area (TPSA) is 223 Å². The number of hydrogen-bond acceptors (Lipinski definition) is 10. The van der Waals surface area contributed by atoms with Crippen molar-refractivity contribution in [3.63, 3.8) is 0 Å². The van der Waals surface area contributed by atoms with Gasteiger partial charge >= 0.3 is 11.9 Å². The molecule has 362 valence electrons. The molecule has 0 saturated carbocycles. The number of carboxylic acid groups (broad SMARTS) is 2. The van der Waals surface area contributed by atoms with Crippen LogP contribution >= 0.6 is 23.5 Å². The van der Waals surface area contributed by atoms with E-state index in [1.165, 1.54) is 100 Å². The number of nitrogens with zero attached hydrogens (tertiary/aromatic N) is 2. The summed E-state index contributed by atoms with van der Waals surface area (Å²) in [5.74, 6) is -0.599. The summed E-state index contributed by atoms with van der Waals surface area (Å²) in [6, 6.07) is 10.4. The van der Waals surface area contributed by atoms with E-state index in [1.54, 1.807) is 38.1 Å². The van der Waals surface area contributed by atoms with E-state index in [0.717, 1.165) is 49.6 Å². The van der Waals surface area contributed by atoms with Crippen molar-refractivity contribution in [1.29, 1.82) is 0 Å². The lowest BCUT2D eigenvalue weighted by Gasteiger charge is -2.09. The van der Waals surface area contributed by atoms with E-state index in [-0.39, 0.29) is 22.6 Å². The molecule has 0 aliphatic rings. The number of primary amides is 2. The molecule has 6 N–H and O–H groups in total. The molecule has 2 aromatic carbocycles. The second-order valence-electron chi connectivity index (χ2n) is 16.9. The summed E-state index contributed by atoms with van der Waals surface area (Å²) in [7, 11) is 0. The summed E-state index contributed by atoms with van der Waals surface area (Å²) in [5.41, 5.74) is 13.8. The number of aromatic nitrogens is 2. The van der Waals surface area contributed by atoms with E-state index in [0.29, 0.717) is 35.2 Å². The fourth-order valence-electron chi connectivity index (χ4n) is 8.56. The van der Waals surface area contributed by atoms with E-state index in [4.69, 9.17) is 31.2 Å². The third-order valence-electron chi connectivity index (χ3n) is 11.9. The Morgan fingerprint density at radius 3 is 1.09 bits per heavy atom. The molecule has 0 aliphatic carbocycles. The van der Waals surface area contributed by atoms with Gasteiger partial charge in [-0.3, -0.25) is 19.2 Å². The van der Waals surface area contributed by atoms with Crippen molar-refractivity contribution in [1.82, 2.24) is 9.13 Å². The molecular weight excluding hydrogens is 881 g/mol. The number of ether oxygens (including phenoxy) is 2. The third kappa shape index (κ3) is 16.4. The van der Waals surface area contributed by atoms with Crippen LogP contribution in [0.25, 0.3) is 21.8 Å². The normalized spacial score (nSPS) is 11.4. The van der Waals surface area contributed by atoms with Gasteiger partial charge in [0.05, 0.1) is 32.9 Å². The average Bonchev–Trinajstić information content (AvgIpc) is 3.74. The molecule has 2 heterocycles. The number of aryl methyl sites for hydroxylation is 2. The average molecular weight is 951 g/mol. The zero-order valence-electron chi connectivity index (χ0n) is 38.9. The molecule has 0 fully saturated rings. The lowest BCUT2D eigenvalue weighted by molar-refractivity contribution is -0.140. The highest BCUT2D eigenvalue weighted by Gasteiger charge is 2.27. The summed E-state index contributed by atoms with van der Waals surface area (Å²) in [6.07, 6.45) is 21.3. The number of carboxylic acids is 2. The maximum atomic E-state index is 12.8. The summed E-state index contributed by atoms with van der Waals surface area (Å²) in [6.45, 7) is 3.80. The summed E-state index contributed by atoms with van der Waals surface area (Å²) >= 11 is 4.15. The van der Waals surface area contributed by atoms with Crippen LogP contribution in [0.15, 0.2) is 36.4 Å². The van der Waals surface area contributed by atoms with Crippen LogP contribution in [0.1, 0.15) is 148 Å². The number of Topliss-reactive ketones (excluding diaryl/α,β-unsaturated/α-hetero) is 2. The van der Waals surface area contributed by atoms with E-state index >= 15 is 0 Å². The van der Waals surface area contributed by atoms with Crippen LogP contribution in [0, 0.1) is 13.8 Å². The van der Waals surface area contributed by atoms with Crippen LogP contribution in [0.2, 0.25) is 0 Å². The number of ketones is 2. The summed E-state index contributed by atoms with van der Waals surface area (Å²) < 4.78 is 14.9. The Morgan fingerprint density at radius 2 is 0.788 bits per heavy atom. The van der Waals surface area contributed by atoms with Gasteiger partial charge in [-0.1, -0.05) is 89.2 Å². The first-order valence-corrected chi connectivity index (χ1v) is 25.9. The summed E-state index contributed by atoms with van der Waals surface area (Å²) in [4.78, 5) is 71.5. The van der Waals surface area contributed by atoms with Crippen molar-refractivity contribution in [3.8, 4) is 11.5 Å². The molecule has 0 unspecified atom stereocenters. The van der Waals surface area contributed by atoms with Crippen LogP contribution in [0.5, 0.6) is 11.5 Å². The van der Waals surface area contributed by atoms with Crippen LogP contribution in [0.4, 0.5) is 0 Å². The number of benzene rings is 2. The second-order valence-corrected chi connectivity index (χ2v) is 19.3. The van der Waals surface area contributed by atoms with E-state index in [1.807, 2.05) is 21.3 Å². The predicted octanol–water partition coefficient (Wildman–Crippen LogP) is 9.66. The first kappa shape index (κ1) is 53.7. The number of carbonyl (C=O) groups is 6. The van der Waals surface area contributed by atoms with Crippen molar-refractivity contribution in [3.05, 3.63) is 58.9 Å². The molecule has 0 bridgehead atoms. The predicted molar refractivity (Wildman–Crippen MR) is 264 cm³/mol. The molecule has 0 aliphatic heterocycles. The number of aliphatic carboxylic acids is 2. The number of unbranched alkanes of at least 4 members (excludes halogenated alkanes) is 15. The van der Waals surface area contributed by atoms with Gasteiger partial charge < -0.3 is 40.3 Å². The van der Waals surface area contributed by atoms with Gasteiger partial charge in [0, 0.05) is 24.5 Å². The third-order valence-corrected chi connectivity index (χ3v) is 14.2. The van der Waals surface area contributed by atoms with Gasteiger partial charge in [-0.15, -0.1) is 0 Å². The Kier molecular flexibility index (Phi) is 23.5. The number of hydrogen-bond donors (Lipinski definition) is 4. The molecule has 2 aromatic heterocycles. The number of nitrogens with two attached hydrogens (primary N) is 2. The lowest BCUT2D eigenvalue weighted by atomic mass is 10.1. The van der Waals surface area contributed by atoms with Gasteiger partial charge in [-0.2, -0.15) is 23.5 Å². The minimum Gasteiger partial charge on any atom is -0.481 e. The minimum absolute atomic E-state index is 0.178. The maximum absolute atomic E-state index is 12.8. The van der Waals surface area contributed by atoms with Crippen LogP contribution in [-0.2, 0) is 32.3 Å². The van der Waals surface area contributed by atoms with Crippen LogP contribution in [-0.4, -0.2) is 90.9 Å². The Bertz CT molecular complexity index is 2090. The van der Waals surface area contributed by atoms with Crippen molar-refractivity contribution in [2.24, 2.45) is 11.5 Å². The highest BCUT2D eigenvalue weighted by atomic mass is 32.2. The molecule has 0 radical (unpaired) electrons. The second kappa shape index (κ2) is 28.9. The SMILES string of the molecule is Cc1c(C(=O)C(N)=O)c2c(OCC(=O)O)cccc2n1CCCCCCCCSCCCCCCCCSCCCCCCCCn1c(C)c(C(=O)C(N)=O)c2c(OCC(=O)O)cccc21. The van der Waals surface area contributed by atoms with E-state index in [2.05, 4.69) is 23.5 Å².